The van der Waals surface area contributed by atoms with Gasteiger partial charge in [0.25, 0.3) is 5.69 Å². The van der Waals surface area contributed by atoms with Crippen LogP contribution in [-0.4, -0.2) is 22.5 Å². The van der Waals surface area contributed by atoms with Crippen molar-refractivity contribution in [2.75, 3.05) is 11.4 Å². The van der Waals surface area contributed by atoms with Crippen molar-refractivity contribution in [3.63, 3.8) is 0 Å². The number of aryl methyl sites for hydroxylation is 1. The fraction of sp³-hybridized carbons (Fsp3) is 0.438. The highest BCUT2D eigenvalue weighted by atomic mass is 16.6. The minimum atomic E-state index is -0.339. The predicted molar refractivity (Wildman–Crippen MR) is 81.6 cm³/mol. The van der Waals surface area contributed by atoms with Crippen molar-refractivity contribution in [3.05, 3.63) is 40.1 Å². The maximum Gasteiger partial charge on any atom is 0.295 e. The molecule has 5 heteroatoms. The van der Waals surface area contributed by atoms with Crippen LogP contribution in [0.4, 0.5) is 11.4 Å². The third-order valence-corrected chi connectivity index (χ3v) is 4.84. The molecule has 1 saturated carbocycles. The maximum atomic E-state index is 11.2. The highest BCUT2D eigenvalue weighted by Crippen LogP contribution is 2.43. The molecule has 1 aliphatic carbocycles. The van der Waals surface area contributed by atoms with Gasteiger partial charge in [0, 0.05) is 35.4 Å². The molecule has 2 bridgehead atoms. The van der Waals surface area contributed by atoms with Crippen LogP contribution in [0, 0.1) is 23.0 Å². The molecule has 21 heavy (non-hydrogen) atoms. The molecule has 1 aliphatic heterocycles. The van der Waals surface area contributed by atoms with Crippen molar-refractivity contribution in [2.24, 2.45) is 5.92 Å². The van der Waals surface area contributed by atoms with Gasteiger partial charge in [0.15, 0.2) is 5.52 Å². The van der Waals surface area contributed by atoms with E-state index >= 15 is 0 Å². The van der Waals surface area contributed by atoms with Crippen LogP contribution in [0.15, 0.2) is 24.3 Å². The van der Waals surface area contributed by atoms with E-state index in [0.29, 0.717) is 11.6 Å². The molecular formula is C16H17N3O2. The lowest BCUT2D eigenvalue weighted by atomic mass is 10.1. The van der Waals surface area contributed by atoms with Crippen molar-refractivity contribution in [1.82, 2.24) is 4.98 Å². The van der Waals surface area contributed by atoms with E-state index in [9.17, 15) is 10.1 Å². The molecule has 5 nitrogen and oxygen atoms in total. The average Bonchev–Trinajstić information content (AvgIpc) is 3.08. The van der Waals surface area contributed by atoms with Crippen LogP contribution in [0.1, 0.15) is 25.0 Å². The third kappa shape index (κ3) is 1.87. The lowest BCUT2D eigenvalue weighted by Gasteiger charge is -2.30. The van der Waals surface area contributed by atoms with Crippen molar-refractivity contribution in [3.8, 4) is 0 Å². The summed E-state index contributed by atoms with van der Waals surface area (Å²) in [7, 11) is 0. The second-order valence-electron chi connectivity index (χ2n) is 6.20. The molecule has 2 aromatic rings. The number of aromatic nitrogens is 1. The van der Waals surface area contributed by atoms with Gasteiger partial charge in [-0.3, -0.25) is 10.1 Å². The summed E-state index contributed by atoms with van der Waals surface area (Å²) in [5.74, 6) is 0.789. The summed E-state index contributed by atoms with van der Waals surface area (Å²) >= 11 is 0. The second-order valence-corrected chi connectivity index (χ2v) is 6.20. The molecule has 0 amide bonds. The number of nitrogens with zero attached hydrogens (tertiary/aromatic N) is 3. The number of rotatable bonds is 2. The first kappa shape index (κ1) is 12.6. The smallest absolute Gasteiger partial charge is 0.295 e. The summed E-state index contributed by atoms with van der Waals surface area (Å²) in [6.07, 6.45) is 3.82. The third-order valence-electron chi connectivity index (χ3n) is 4.84. The Morgan fingerprint density at radius 1 is 1.38 bits per heavy atom. The van der Waals surface area contributed by atoms with Crippen LogP contribution in [0.5, 0.6) is 0 Å². The molecule has 0 spiro atoms. The van der Waals surface area contributed by atoms with Gasteiger partial charge in [0.1, 0.15) is 0 Å². The Kier molecular flexibility index (Phi) is 2.64. The van der Waals surface area contributed by atoms with E-state index in [2.05, 4.69) is 16.0 Å². The normalized spacial score (nSPS) is 24.0. The number of hydrogen-bond acceptors (Lipinski definition) is 4. The summed E-state index contributed by atoms with van der Waals surface area (Å²) in [4.78, 5) is 17.8. The summed E-state index contributed by atoms with van der Waals surface area (Å²) < 4.78 is 0. The molecule has 2 aliphatic rings. The number of nitro benzene ring substituents is 1. The lowest BCUT2D eigenvalue weighted by Crippen LogP contribution is -2.32. The van der Waals surface area contributed by atoms with Crippen LogP contribution >= 0.6 is 0 Å². The van der Waals surface area contributed by atoms with E-state index in [0.717, 1.165) is 29.2 Å². The number of benzene rings is 1. The SMILES string of the molecule is Cc1cc(N2CC3CCC2C3)c2cccc([N+](=O)[O-])c2n1. The molecule has 1 saturated heterocycles. The molecule has 1 aromatic carbocycles. The van der Waals surface area contributed by atoms with Gasteiger partial charge in [-0.1, -0.05) is 12.1 Å². The number of para-hydroxylation sites is 1. The van der Waals surface area contributed by atoms with Crippen LogP contribution in [-0.2, 0) is 0 Å². The fourth-order valence-electron chi connectivity index (χ4n) is 3.94. The first-order valence-corrected chi connectivity index (χ1v) is 7.45. The van der Waals surface area contributed by atoms with Crippen molar-refractivity contribution in [1.29, 1.82) is 0 Å². The van der Waals surface area contributed by atoms with Crippen molar-refractivity contribution >= 4 is 22.3 Å². The molecule has 1 aromatic heterocycles. The minimum absolute atomic E-state index is 0.0989. The average molecular weight is 283 g/mol. The predicted octanol–water partition coefficient (Wildman–Crippen LogP) is 3.44. The highest BCUT2D eigenvalue weighted by Gasteiger charge is 2.38. The zero-order chi connectivity index (χ0) is 14.6. The van der Waals surface area contributed by atoms with Crippen LogP contribution < -0.4 is 4.90 Å². The first-order chi connectivity index (χ1) is 10.1. The molecule has 4 rings (SSSR count). The van der Waals surface area contributed by atoms with Crippen LogP contribution in [0.2, 0.25) is 0 Å². The number of fused-ring (bicyclic) bond motifs is 3. The zero-order valence-electron chi connectivity index (χ0n) is 12.0. The number of nitro groups is 1. The van der Waals surface area contributed by atoms with Gasteiger partial charge in [-0.25, -0.2) is 4.98 Å². The van der Waals surface area contributed by atoms with Gasteiger partial charge in [0.05, 0.1) is 4.92 Å². The Labute approximate surface area is 122 Å². The van der Waals surface area contributed by atoms with E-state index in [4.69, 9.17) is 0 Å². The van der Waals surface area contributed by atoms with Gasteiger partial charge in [-0.15, -0.1) is 0 Å². The molecule has 2 atom stereocenters. The summed E-state index contributed by atoms with van der Waals surface area (Å²) in [5.41, 5.74) is 2.57. The van der Waals surface area contributed by atoms with Gasteiger partial charge < -0.3 is 4.90 Å². The van der Waals surface area contributed by atoms with E-state index in [-0.39, 0.29) is 10.6 Å². The lowest BCUT2D eigenvalue weighted by molar-refractivity contribution is -0.383. The first-order valence-electron chi connectivity index (χ1n) is 7.45. The highest BCUT2D eigenvalue weighted by molar-refractivity contribution is 5.97. The molecule has 0 N–H and O–H groups in total. The molecule has 2 fully saturated rings. The number of hydrogen-bond donors (Lipinski definition) is 0. The largest absolute Gasteiger partial charge is 0.368 e. The quantitative estimate of drug-likeness (QED) is 0.625. The molecule has 2 heterocycles. The zero-order valence-corrected chi connectivity index (χ0v) is 12.0. The Hall–Kier alpha value is -2.17. The number of anilines is 1. The number of piperidine rings is 1. The maximum absolute atomic E-state index is 11.2. The van der Waals surface area contributed by atoms with Crippen LogP contribution in [0.3, 0.4) is 0 Å². The minimum Gasteiger partial charge on any atom is -0.368 e. The van der Waals surface area contributed by atoms with Crippen molar-refractivity contribution < 1.29 is 4.92 Å². The molecule has 2 unspecified atom stereocenters. The number of pyridine rings is 1. The van der Waals surface area contributed by atoms with Gasteiger partial charge >= 0.3 is 0 Å². The van der Waals surface area contributed by atoms with Gasteiger partial charge in [-0.2, -0.15) is 0 Å². The summed E-state index contributed by atoms with van der Waals surface area (Å²) in [6.45, 7) is 2.99. The molecule has 0 radical (unpaired) electrons. The molecular weight excluding hydrogens is 266 g/mol. The monoisotopic (exact) mass is 283 g/mol. The van der Waals surface area contributed by atoms with E-state index in [1.54, 1.807) is 6.07 Å². The van der Waals surface area contributed by atoms with Gasteiger partial charge in [0.2, 0.25) is 0 Å². The Balaban J connectivity index is 1.93. The van der Waals surface area contributed by atoms with E-state index in [1.807, 2.05) is 13.0 Å². The van der Waals surface area contributed by atoms with Crippen molar-refractivity contribution in [2.45, 2.75) is 32.2 Å². The Morgan fingerprint density at radius 3 is 2.90 bits per heavy atom. The standard InChI is InChI=1S/C16H17N3O2/c1-10-7-15(18-9-11-5-6-12(18)8-11)13-3-2-4-14(19(20)21)16(13)17-10/h2-4,7,11-12H,5-6,8-9H2,1H3. The summed E-state index contributed by atoms with van der Waals surface area (Å²) in [5, 5.41) is 12.1. The Bertz CT molecular complexity index is 744. The van der Waals surface area contributed by atoms with Gasteiger partial charge in [-0.05, 0) is 38.2 Å². The van der Waals surface area contributed by atoms with E-state index in [1.165, 1.54) is 25.3 Å². The molecule has 108 valence electrons. The summed E-state index contributed by atoms with van der Waals surface area (Å²) in [6, 6.07) is 7.92. The Morgan fingerprint density at radius 2 is 2.24 bits per heavy atom. The second kappa shape index (κ2) is 4.41. The van der Waals surface area contributed by atoms with Crippen LogP contribution in [0.25, 0.3) is 10.9 Å². The topological polar surface area (TPSA) is 59.3 Å². The fourth-order valence-corrected chi connectivity index (χ4v) is 3.94. The number of non-ortho nitro benzene ring substituents is 1. The van der Waals surface area contributed by atoms with E-state index < -0.39 is 0 Å².